The Morgan fingerprint density at radius 1 is 1.50 bits per heavy atom. The third-order valence-electron chi connectivity index (χ3n) is 2.45. The van der Waals surface area contributed by atoms with Crippen LogP contribution in [0.15, 0.2) is 0 Å². The van der Waals surface area contributed by atoms with Gasteiger partial charge in [0.25, 0.3) is 0 Å². The number of hydrogen-bond donors (Lipinski definition) is 1. The molecule has 1 rings (SSSR count). The lowest BCUT2D eigenvalue weighted by Gasteiger charge is -2.35. The van der Waals surface area contributed by atoms with E-state index in [9.17, 15) is 8.42 Å². The van der Waals surface area contributed by atoms with Crippen molar-refractivity contribution in [2.24, 2.45) is 5.73 Å². The van der Waals surface area contributed by atoms with E-state index < -0.39 is 9.84 Å². The number of sulfone groups is 1. The molecule has 0 bridgehead atoms. The van der Waals surface area contributed by atoms with E-state index in [1.165, 1.54) is 0 Å². The number of rotatable bonds is 2. The molecule has 5 heteroatoms. The normalized spacial score (nSPS) is 29.0. The first-order valence-corrected chi connectivity index (χ1v) is 6.65. The molecule has 1 saturated heterocycles. The minimum absolute atomic E-state index is 0.249. The molecule has 84 valence electrons. The molecular weight excluding hydrogens is 200 g/mol. The lowest BCUT2D eigenvalue weighted by Crippen LogP contribution is -2.52. The quantitative estimate of drug-likeness (QED) is 0.702. The van der Waals surface area contributed by atoms with E-state index in [-0.39, 0.29) is 16.5 Å². The lowest BCUT2D eigenvalue weighted by molar-refractivity contribution is 0.229. The van der Waals surface area contributed by atoms with Crippen LogP contribution in [0, 0.1) is 0 Å². The van der Waals surface area contributed by atoms with Gasteiger partial charge in [0.05, 0.1) is 11.0 Å². The molecule has 0 saturated carbocycles. The molecular formula is C9H20N2O2S. The SMILES string of the molecule is CC1CN(CC(C)(C)N)CCS1(=O)=O. The second kappa shape index (κ2) is 3.79. The van der Waals surface area contributed by atoms with Gasteiger partial charge in [-0.25, -0.2) is 8.42 Å². The predicted octanol–water partition coefficient (Wildman–Crippen LogP) is -0.157. The van der Waals surface area contributed by atoms with Crippen molar-refractivity contribution >= 4 is 9.84 Å². The molecule has 0 amide bonds. The van der Waals surface area contributed by atoms with Crippen LogP contribution in [-0.2, 0) is 9.84 Å². The van der Waals surface area contributed by atoms with Crippen LogP contribution in [-0.4, -0.2) is 49.5 Å². The molecule has 0 aliphatic carbocycles. The highest BCUT2D eigenvalue weighted by atomic mass is 32.2. The van der Waals surface area contributed by atoms with Crippen LogP contribution < -0.4 is 5.73 Å². The second-order valence-corrected chi connectivity index (χ2v) is 7.44. The third-order valence-corrected chi connectivity index (χ3v) is 4.58. The van der Waals surface area contributed by atoms with Gasteiger partial charge in [0.15, 0.2) is 9.84 Å². The van der Waals surface area contributed by atoms with Gasteiger partial charge in [0, 0.05) is 25.2 Å². The molecule has 0 spiro atoms. The average molecular weight is 220 g/mol. The summed E-state index contributed by atoms with van der Waals surface area (Å²) in [5.41, 5.74) is 5.64. The van der Waals surface area contributed by atoms with E-state index in [1.807, 2.05) is 13.8 Å². The van der Waals surface area contributed by atoms with Gasteiger partial charge in [0.1, 0.15) is 0 Å². The van der Waals surface area contributed by atoms with Gasteiger partial charge < -0.3 is 5.73 Å². The first-order chi connectivity index (χ1) is 6.21. The molecule has 1 fully saturated rings. The van der Waals surface area contributed by atoms with Crippen LogP contribution >= 0.6 is 0 Å². The fourth-order valence-electron chi connectivity index (χ4n) is 1.75. The van der Waals surface area contributed by atoms with Gasteiger partial charge in [-0.15, -0.1) is 0 Å². The zero-order valence-corrected chi connectivity index (χ0v) is 9.97. The molecule has 1 unspecified atom stereocenters. The van der Waals surface area contributed by atoms with Crippen molar-refractivity contribution in [1.29, 1.82) is 0 Å². The maximum absolute atomic E-state index is 11.4. The summed E-state index contributed by atoms with van der Waals surface area (Å²) in [5.74, 6) is 0.268. The Bertz CT molecular complexity index is 292. The largest absolute Gasteiger partial charge is 0.324 e. The Kier molecular flexibility index (Phi) is 3.23. The van der Waals surface area contributed by atoms with Gasteiger partial charge >= 0.3 is 0 Å². The molecule has 0 radical (unpaired) electrons. The molecule has 0 aromatic carbocycles. The summed E-state index contributed by atoms with van der Waals surface area (Å²) >= 11 is 0. The monoisotopic (exact) mass is 220 g/mol. The second-order valence-electron chi connectivity index (χ2n) is 4.90. The fourth-order valence-corrected chi connectivity index (χ4v) is 3.10. The Morgan fingerprint density at radius 2 is 2.07 bits per heavy atom. The minimum atomic E-state index is -2.83. The van der Waals surface area contributed by atoms with Gasteiger partial charge in [-0.05, 0) is 20.8 Å². The molecule has 1 aliphatic rings. The Labute approximate surface area is 86.4 Å². The maximum atomic E-state index is 11.4. The van der Waals surface area contributed by atoms with Gasteiger partial charge in [-0.1, -0.05) is 0 Å². The third kappa shape index (κ3) is 3.22. The first kappa shape index (κ1) is 11.9. The lowest BCUT2D eigenvalue weighted by atomic mass is 10.1. The van der Waals surface area contributed by atoms with E-state index >= 15 is 0 Å². The Hall–Kier alpha value is -0.130. The summed E-state index contributed by atoms with van der Waals surface area (Å²) in [5, 5.41) is -0.251. The molecule has 0 aromatic rings. The van der Waals surface area contributed by atoms with Crippen molar-refractivity contribution in [2.45, 2.75) is 31.6 Å². The van der Waals surface area contributed by atoms with Crippen molar-refractivity contribution < 1.29 is 8.42 Å². The number of nitrogens with two attached hydrogens (primary N) is 1. The van der Waals surface area contributed by atoms with Crippen molar-refractivity contribution in [3.05, 3.63) is 0 Å². The van der Waals surface area contributed by atoms with E-state index in [0.717, 1.165) is 6.54 Å². The number of hydrogen-bond acceptors (Lipinski definition) is 4. The van der Waals surface area contributed by atoms with E-state index in [1.54, 1.807) is 6.92 Å². The first-order valence-electron chi connectivity index (χ1n) is 4.93. The van der Waals surface area contributed by atoms with Crippen LogP contribution in [0.1, 0.15) is 20.8 Å². The van der Waals surface area contributed by atoms with Gasteiger partial charge in [-0.3, -0.25) is 4.90 Å². The molecule has 1 heterocycles. The summed E-state index contributed by atoms with van der Waals surface area (Å²) in [6.07, 6.45) is 0. The van der Waals surface area contributed by atoms with Crippen LogP contribution in [0.5, 0.6) is 0 Å². The van der Waals surface area contributed by atoms with Crippen LogP contribution in [0.3, 0.4) is 0 Å². The zero-order chi connectivity index (χ0) is 11.0. The minimum Gasteiger partial charge on any atom is -0.324 e. The van der Waals surface area contributed by atoms with Crippen LogP contribution in [0.25, 0.3) is 0 Å². The van der Waals surface area contributed by atoms with Gasteiger partial charge in [-0.2, -0.15) is 0 Å². The maximum Gasteiger partial charge on any atom is 0.155 e. The van der Waals surface area contributed by atoms with Crippen LogP contribution in [0.4, 0.5) is 0 Å². The fraction of sp³-hybridized carbons (Fsp3) is 1.00. The standard InChI is InChI=1S/C9H20N2O2S/c1-8-6-11(7-9(2,3)10)4-5-14(8,12)13/h8H,4-7,10H2,1-3H3. The Morgan fingerprint density at radius 3 is 2.50 bits per heavy atom. The summed E-state index contributed by atoms with van der Waals surface area (Å²) in [4.78, 5) is 2.13. The van der Waals surface area contributed by atoms with E-state index in [0.29, 0.717) is 13.1 Å². The zero-order valence-electron chi connectivity index (χ0n) is 9.16. The predicted molar refractivity (Wildman–Crippen MR) is 58.0 cm³/mol. The molecule has 1 aliphatic heterocycles. The van der Waals surface area contributed by atoms with E-state index in [2.05, 4.69) is 4.90 Å². The Balaban J connectivity index is 2.56. The van der Waals surface area contributed by atoms with Gasteiger partial charge in [0.2, 0.25) is 0 Å². The summed E-state index contributed by atoms with van der Waals surface area (Å²) < 4.78 is 22.9. The molecule has 0 aromatic heterocycles. The molecule has 2 N–H and O–H groups in total. The highest BCUT2D eigenvalue weighted by molar-refractivity contribution is 7.92. The summed E-state index contributed by atoms with van der Waals surface area (Å²) in [6.45, 7) is 7.68. The smallest absolute Gasteiger partial charge is 0.155 e. The van der Waals surface area contributed by atoms with Crippen molar-refractivity contribution in [3.8, 4) is 0 Å². The van der Waals surface area contributed by atoms with Crippen molar-refractivity contribution in [3.63, 3.8) is 0 Å². The van der Waals surface area contributed by atoms with Crippen molar-refractivity contribution in [1.82, 2.24) is 4.90 Å². The molecule has 4 nitrogen and oxygen atoms in total. The highest BCUT2D eigenvalue weighted by Crippen LogP contribution is 2.13. The highest BCUT2D eigenvalue weighted by Gasteiger charge is 2.30. The molecule has 14 heavy (non-hydrogen) atoms. The summed E-state index contributed by atoms with van der Waals surface area (Å²) in [7, 11) is -2.83. The van der Waals surface area contributed by atoms with Crippen molar-refractivity contribution in [2.75, 3.05) is 25.4 Å². The topological polar surface area (TPSA) is 63.4 Å². The van der Waals surface area contributed by atoms with E-state index in [4.69, 9.17) is 5.73 Å². The average Bonchev–Trinajstić information content (AvgIpc) is 1.95. The van der Waals surface area contributed by atoms with Crippen LogP contribution in [0.2, 0.25) is 0 Å². The number of nitrogens with zero attached hydrogens (tertiary/aromatic N) is 1. The molecule has 1 atom stereocenters. The summed E-state index contributed by atoms with van der Waals surface area (Å²) in [6, 6.07) is 0.